The second-order valence-electron chi connectivity index (χ2n) is 4.88. The predicted octanol–water partition coefficient (Wildman–Crippen LogP) is 0.847. The summed E-state index contributed by atoms with van der Waals surface area (Å²) in [5.41, 5.74) is 1.05. The van der Waals surface area contributed by atoms with E-state index in [4.69, 9.17) is 31.5 Å². The molecule has 1 aromatic carbocycles. The highest BCUT2D eigenvalue weighted by Crippen LogP contribution is 2.28. The van der Waals surface area contributed by atoms with Gasteiger partial charge in [0.1, 0.15) is 38.7 Å². The molecule has 2 radical (unpaired) electrons. The van der Waals surface area contributed by atoms with Crippen LogP contribution in [0.4, 0.5) is 0 Å². The summed E-state index contributed by atoms with van der Waals surface area (Å²) in [6.45, 7) is 1.22. The topological polar surface area (TPSA) is 46.2 Å². The maximum absolute atomic E-state index is 5.95. The van der Waals surface area contributed by atoms with E-state index in [1.165, 1.54) is 0 Å². The summed E-state index contributed by atoms with van der Waals surface area (Å²) in [4.78, 5) is 0. The van der Waals surface area contributed by atoms with Crippen LogP contribution < -0.4 is 4.74 Å². The van der Waals surface area contributed by atoms with Crippen molar-refractivity contribution >= 4 is 7.85 Å². The van der Waals surface area contributed by atoms with E-state index in [0.29, 0.717) is 13.2 Å². The standard InChI is InChI=1S/C14H17BO5/c1-16-10-4-2-9(3-5-10)6-18-13-12-11(20-14(13)15)7-17-8-19-12/h2-5,11-14H,6-8H2,1H3. The highest BCUT2D eigenvalue weighted by Gasteiger charge is 2.45. The van der Waals surface area contributed by atoms with Gasteiger partial charge in [-0.2, -0.15) is 0 Å². The molecule has 4 atom stereocenters. The smallest absolute Gasteiger partial charge is 0.147 e. The van der Waals surface area contributed by atoms with Crippen LogP contribution in [0.25, 0.3) is 0 Å². The van der Waals surface area contributed by atoms with Crippen LogP contribution in [-0.2, 0) is 25.6 Å². The average Bonchev–Trinajstić information content (AvgIpc) is 2.81. The molecule has 4 unspecified atom stereocenters. The van der Waals surface area contributed by atoms with Crippen LogP contribution in [0.1, 0.15) is 5.56 Å². The lowest BCUT2D eigenvalue weighted by Gasteiger charge is -2.28. The number of rotatable bonds is 4. The molecule has 0 aromatic heterocycles. The van der Waals surface area contributed by atoms with Gasteiger partial charge < -0.3 is 23.7 Å². The lowest BCUT2D eigenvalue weighted by atomic mass is 9.92. The summed E-state index contributed by atoms with van der Waals surface area (Å²) >= 11 is 0. The van der Waals surface area contributed by atoms with Gasteiger partial charge in [-0.25, -0.2) is 0 Å². The lowest BCUT2D eigenvalue weighted by molar-refractivity contribution is -0.192. The van der Waals surface area contributed by atoms with E-state index in [1.807, 2.05) is 24.3 Å². The zero-order valence-electron chi connectivity index (χ0n) is 11.4. The molecule has 2 fully saturated rings. The minimum Gasteiger partial charge on any atom is -0.497 e. The van der Waals surface area contributed by atoms with Gasteiger partial charge in [0.15, 0.2) is 0 Å². The van der Waals surface area contributed by atoms with Crippen LogP contribution in [0, 0.1) is 0 Å². The van der Waals surface area contributed by atoms with E-state index in [0.717, 1.165) is 11.3 Å². The van der Waals surface area contributed by atoms with Gasteiger partial charge in [0.05, 0.1) is 20.3 Å². The van der Waals surface area contributed by atoms with Crippen molar-refractivity contribution < 1.29 is 23.7 Å². The van der Waals surface area contributed by atoms with E-state index >= 15 is 0 Å². The molecule has 2 heterocycles. The van der Waals surface area contributed by atoms with Crippen molar-refractivity contribution in [2.75, 3.05) is 20.5 Å². The van der Waals surface area contributed by atoms with E-state index < -0.39 is 6.00 Å². The van der Waals surface area contributed by atoms with Gasteiger partial charge >= 0.3 is 0 Å². The molecule has 2 aliphatic rings. The number of hydrogen-bond donors (Lipinski definition) is 0. The minimum absolute atomic E-state index is 0.139. The summed E-state index contributed by atoms with van der Waals surface area (Å²) in [7, 11) is 7.59. The fourth-order valence-corrected chi connectivity index (χ4v) is 2.49. The third kappa shape index (κ3) is 2.83. The Morgan fingerprint density at radius 3 is 2.85 bits per heavy atom. The van der Waals surface area contributed by atoms with Crippen LogP contribution in [-0.4, -0.2) is 52.7 Å². The molecule has 0 bridgehead atoms. The van der Waals surface area contributed by atoms with Gasteiger partial charge in [-0.05, 0) is 17.7 Å². The van der Waals surface area contributed by atoms with Crippen molar-refractivity contribution in [3.63, 3.8) is 0 Å². The summed E-state index contributed by atoms with van der Waals surface area (Å²) < 4.78 is 27.3. The third-order valence-electron chi connectivity index (χ3n) is 3.57. The van der Waals surface area contributed by atoms with E-state index in [9.17, 15) is 0 Å². The Labute approximate surface area is 119 Å². The van der Waals surface area contributed by atoms with Gasteiger partial charge in [-0.1, -0.05) is 12.1 Å². The number of benzene rings is 1. The van der Waals surface area contributed by atoms with E-state index in [2.05, 4.69) is 0 Å². The molecule has 106 valence electrons. The molecule has 5 nitrogen and oxygen atoms in total. The van der Waals surface area contributed by atoms with Crippen LogP contribution in [0.15, 0.2) is 24.3 Å². The molecule has 20 heavy (non-hydrogen) atoms. The quantitative estimate of drug-likeness (QED) is 0.763. The normalized spacial score (nSPS) is 32.9. The molecule has 0 saturated carbocycles. The van der Waals surface area contributed by atoms with E-state index in [-0.39, 0.29) is 25.1 Å². The first-order valence-corrected chi connectivity index (χ1v) is 6.63. The molecule has 2 saturated heterocycles. The maximum atomic E-state index is 5.95. The second kappa shape index (κ2) is 6.14. The minimum atomic E-state index is -0.482. The van der Waals surface area contributed by atoms with Crippen LogP contribution >= 0.6 is 0 Å². The highest BCUT2D eigenvalue weighted by atomic mass is 16.7. The summed E-state index contributed by atoms with van der Waals surface area (Å²) in [6, 6.07) is 7.24. The second-order valence-corrected chi connectivity index (χ2v) is 4.88. The molecule has 2 aliphatic heterocycles. The van der Waals surface area contributed by atoms with Gasteiger partial charge in [-0.3, -0.25) is 0 Å². The average molecular weight is 276 g/mol. The zero-order chi connectivity index (χ0) is 13.9. The van der Waals surface area contributed by atoms with Crippen LogP contribution in [0.2, 0.25) is 0 Å². The third-order valence-corrected chi connectivity index (χ3v) is 3.57. The van der Waals surface area contributed by atoms with Gasteiger partial charge in [-0.15, -0.1) is 0 Å². The van der Waals surface area contributed by atoms with Crippen molar-refractivity contribution in [1.82, 2.24) is 0 Å². The molecule has 0 aliphatic carbocycles. The highest BCUT2D eigenvalue weighted by molar-refractivity contribution is 6.11. The van der Waals surface area contributed by atoms with Crippen molar-refractivity contribution in [3.8, 4) is 5.75 Å². The summed E-state index contributed by atoms with van der Waals surface area (Å²) in [6.07, 6.45) is -0.567. The molecule has 0 N–H and O–H groups in total. The first-order chi connectivity index (χ1) is 9.78. The fraction of sp³-hybridized carbons (Fsp3) is 0.571. The Kier molecular flexibility index (Phi) is 4.26. The molecular formula is C14H17BO5. The zero-order valence-corrected chi connectivity index (χ0v) is 11.4. The Hall–Kier alpha value is -1.08. The first kappa shape index (κ1) is 13.9. The van der Waals surface area contributed by atoms with Crippen LogP contribution in [0.3, 0.4) is 0 Å². The molecular weight excluding hydrogens is 259 g/mol. The van der Waals surface area contributed by atoms with Crippen molar-refractivity contribution in [2.24, 2.45) is 0 Å². The number of hydrogen-bond acceptors (Lipinski definition) is 5. The largest absolute Gasteiger partial charge is 0.497 e. The van der Waals surface area contributed by atoms with Crippen molar-refractivity contribution in [1.29, 1.82) is 0 Å². The van der Waals surface area contributed by atoms with Gasteiger partial charge in [0.2, 0.25) is 0 Å². The number of ether oxygens (including phenoxy) is 5. The van der Waals surface area contributed by atoms with Crippen LogP contribution in [0.5, 0.6) is 5.75 Å². The summed E-state index contributed by atoms with van der Waals surface area (Å²) in [5, 5.41) is 0. The molecule has 6 heteroatoms. The Morgan fingerprint density at radius 1 is 1.30 bits per heavy atom. The van der Waals surface area contributed by atoms with Crippen molar-refractivity contribution in [3.05, 3.63) is 29.8 Å². The van der Waals surface area contributed by atoms with Crippen molar-refractivity contribution in [2.45, 2.75) is 30.9 Å². The van der Waals surface area contributed by atoms with E-state index in [1.54, 1.807) is 7.11 Å². The summed E-state index contributed by atoms with van der Waals surface area (Å²) in [5.74, 6) is 0.822. The monoisotopic (exact) mass is 276 g/mol. The Morgan fingerprint density at radius 2 is 2.10 bits per heavy atom. The first-order valence-electron chi connectivity index (χ1n) is 6.63. The molecule has 1 aromatic rings. The fourth-order valence-electron chi connectivity index (χ4n) is 2.49. The maximum Gasteiger partial charge on any atom is 0.147 e. The van der Waals surface area contributed by atoms with Gasteiger partial charge in [0.25, 0.3) is 0 Å². The predicted molar refractivity (Wildman–Crippen MR) is 71.7 cm³/mol. The number of methoxy groups -OCH3 is 1. The Bertz CT molecular complexity index is 438. The molecule has 3 rings (SSSR count). The Balaban J connectivity index is 1.59. The molecule has 0 amide bonds. The lowest BCUT2D eigenvalue weighted by Crippen LogP contribution is -2.42. The number of fused-ring (bicyclic) bond motifs is 1. The SMILES string of the molecule is [B]C1OC2COCOC2C1OCc1ccc(OC)cc1. The molecule has 0 spiro atoms. The van der Waals surface area contributed by atoms with Gasteiger partial charge in [0, 0.05) is 6.00 Å².